The summed E-state index contributed by atoms with van der Waals surface area (Å²) in [4.78, 5) is 14.8. The third kappa shape index (κ3) is 6.13. The second kappa shape index (κ2) is 13.4. The molecule has 47 heavy (non-hydrogen) atoms. The molecular weight excluding hydrogens is 571 g/mol. The highest BCUT2D eigenvalue weighted by molar-refractivity contribution is 6.12. The molecule has 0 saturated heterocycles. The van der Waals surface area contributed by atoms with Gasteiger partial charge in [-0.25, -0.2) is 4.98 Å². The first kappa shape index (κ1) is 30.0. The van der Waals surface area contributed by atoms with Crippen LogP contribution in [0.25, 0.3) is 38.9 Å². The number of fused-ring (bicyclic) bond motifs is 1. The van der Waals surface area contributed by atoms with Crippen LogP contribution >= 0.6 is 0 Å². The van der Waals surface area contributed by atoms with E-state index in [1.54, 1.807) is 0 Å². The van der Waals surface area contributed by atoms with Crippen molar-refractivity contribution in [2.24, 2.45) is 15.9 Å². The highest BCUT2D eigenvalue weighted by Crippen LogP contribution is 2.38. The van der Waals surface area contributed by atoms with Gasteiger partial charge in [0.25, 0.3) is 0 Å². The summed E-state index contributed by atoms with van der Waals surface area (Å²) in [6, 6.07) is 36.2. The molecule has 3 nitrogen and oxygen atoms in total. The normalized spacial score (nSPS) is 17.6. The Morgan fingerprint density at radius 2 is 1.57 bits per heavy atom. The zero-order chi connectivity index (χ0) is 32.2. The van der Waals surface area contributed by atoms with Crippen molar-refractivity contribution in [2.75, 3.05) is 0 Å². The lowest BCUT2D eigenvalue weighted by Crippen LogP contribution is -2.11. The molecule has 0 spiro atoms. The first-order valence-corrected chi connectivity index (χ1v) is 16.2. The van der Waals surface area contributed by atoms with Gasteiger partial charge in [-0.1, -0.05) is 127 Å². The number of pyridine rings is 1. The molecule has 0 amide bonds. The van der Waals surface area contributed by atoms with Crippen molar-refractivity contribution in [1.82, 2.24) is 4.98 Å². The van der Waals surface area contributed by atoms with Crippen molar-refractivity contribution in [3.05, 3.63) is 179 Å². The molecule has 1 aromatic heterocycles. The molecule has 228 valence electrons. The second-order valence-corrected chi connectivity index (χ2v) is 12.1. The fourth-order valence-corrected chi connectivity index (χ4v) is 6.68. The average molecular weight is 608 g/mol. The van der Waals surface area contributed by atoms with Crippen LogP contribution in [0.4, 0.5) is 0 Å². The Bertz CT molecular complexity index is 2170. The first-order valence-electron chi connectivity index (χ1n) is 16.2. The van der Waals surface area contributed by atoms with Crippen LogP contribution in [0, 0.1) is 19.8 Å². The van der Waals surface area contributed by atoms with Crippen molar-refractivity contribution >= 4 is 28.9 Å². The van der Waals surface area contributed by atoms with Crippen molar-refractivity contribution in [3.63, 3.8) is 0 Å². The second-order valence-electron chi connectivity index (χ2n) is 12.1. The van der Waals surface area contributed by atoms with Crippen LogP contribution in [0.15, 0.2) is 167 Å². The number of allylic oxidation sites excluding steroid dienone is 9. The first-order chi connectivity index (χ1) is 23.1. The lowest BCUT2D eigenvalue weighted by molar-refractivity contribution is 0.757. The average Bonchev–Trinajstić information content (AvgIpc) is 3.12. The molecule has 1 atom stereocenters. The molecule has 3 heteroatoms. The van der Waals surface area contributed by atoms with E-state index in [-0.39, 0.29) is 5.92 Å². The lowest BCUT2D eigenvalue weighted by atomic mass is 9.87. The maximum absolute atomic E-state index is 5.18. The molecule has 7 rings (SSSR count). The Balaban J connectivity index is 1.20. The number of nitrogens with zero attached hydrogens (tertiary/aromatic N) is 3. The minimum atomic E-state index is 0.143. The number of aromatic nitrogens is 1. The van der Waals surface area contributed by atoms with E-state index in [0.717, 1.165) is 45.7 Å². The van der Waals surface area contributed by atoms with Crippen molar-refractivity contribution in [1.29, 1.82) is 0 Å². The summed E-state index contributed by atoms with van der Waals surface area (Å²) in [5.41, 5.74) is 14.5. The van der Waals surface area contributed by atoms with Gasteiger partial charge in [0.15, 0.2) is 0 Å². The molecule has 2 aliphatic carbocycles. The Labute approximate surface area is 277 Å². The molecular formula is C44H37N3. The maximum Gasteiger partial charge on any atom is 0.0745 e. The smallest absolute Gasteiger partial charge is 0.0745 e. The molecule has 4 aromatic carbocycles. The summed E-state index contributed by atoms with van der Waals surface area (Å²) in [5, 5.41) is 1.17. The van der Waals surface area contributed by atoms with Crippen LogP contribution < -0.4 is 0 Å². The van der Waals surface area contributed by atoms with Gasteiger partial charge in [-0.15, -0.1) is 0 Å². The molecule has 0 fully saturated rings. The van der Waals surface area contributed by atoms with Gasteiger partial charge in [-0.2, -0.15) is 0 Å². The van der Waals surface area contributed by atoms with E-state index in [1.165, 1.54) is 38.8 Å². The highest BCUT2D eigenvalue weighted by Gasteiger charge is 2.20. The van der Waals surface area contributed by atoms with Crippen LogP contribution in [-0.2, 0) is 6.54 Å². The van der Waals surface area contributed by atoms with Gasteiger partial charge in [0.2, 0.25) is 0 Å². The molecule has 5 aromatic rings. The zero-order valence-corrected chi connectivity index (χ0v) is 26.9. The van der Waals surface area contributed by atoms with Crippen LogP contribution in [0.1, 0.15) is 28.7 Å². The summed E-state index contributed by atoms with van der Waals surface area (Å²) in [7, 11) is 0. The topological polar surface area (TPSA) is 37.6 Å². The fraction of sp³-hybridized carbons (Fsp3) is 0.114. The summed E-state index contributed by atoms with van der Waals surface area (Å²) in [6.45, 7) is 8.89. The minimum Gasteiger partial charge on any atom is -0.280 e. The largest absolute Gasteiger partial charge is 0.280 e. The van der Waals surface area contributed by atoms with Crippen molar-refractivity contribution in [2.45, 2.75) is 26.8 Å². The van der Waals surface area contributed by atoms with Gasteiger partial charge >= 0.3 is 0 Å². The fourth-order valence-electron chi connectivity index (χ4n) is 6.68. The van der Waals surface area contributed by atoms with Gasteiger partial charge in [-0.3, -0.25) is 9.98 Å². The van der Waals surface area contributed by atoms with Crippen LogP contribution in [0.5, 0.6) is 0 Å². The molecule has 0 bridgehead atoms. The summed E-state index contributed by atoms with van der Waals surface area (Å²) < 4.78 is 0. The maximum atomic E-state index is 5.18. The third-order valence-corrected chi connectivity index (χ3v) is 9.09. The molecule has 0 saturated carbocycles. The van der Waals surface area contributed by atoms with Crippen molar-refractivity contribution in [3.8, 4) is 22.4 Å². The van der Waals surface area contributed by atoms with E-state index in [2.05, 4.69) is 159 Å². The SMILES string of the molecule is C=N/C(=C1/C=CC=C/C1=N/Cc1cccc(-c2nc3ccccc3c(-c3ccccc3C)c2C)c1)C1C=CC(c2ccccc2)=CC1. The monoisotopic (exact) mass is 607 g/mol. The van der Waals surface area contributed by atoms with E-state index in [9.17, 15) is 0 Å². The van der Waals surface area contributed by atoms with Gasteiger partial charge < -0.3 is 0 Å². The van der Waals surface area contributed by atoms with Gasteiger partial charge in [0, 0.05) is 22.4 Å². The van der Waals surface area contributed by atoms with E-state index < -0.39 is 0 Å². The predicted molar refractivity (Wildman–Crippen MR) is 200 cm³/mol. The standard InChI is InChI=1S/C44H37N3/c1-30-14-7-8-19-37(30)42-31(2)43(47-41-23-12-9-20-38(41)42)36-18-13-15-32(28-36)29-46-40-22-11-10-21-39(40)44(45-3)35-26-24-34(25-27-35)33-16-5-4-6-17-33/h4-26,28,35H,3,27,29H2,1-2H3/b44-39-,46-40-. The molecule has 1 heterocycles. The van der Waals surface area contributed by atoms with E-state index in [4.69, 9.17) is 9.98 Å². The van der Waals surface area contributed by atoms with E-state index in [1.807, 2.05) is 12.1 Å². The third-order valence-electron chi connectivity index (χ3n) is 9.09. The highest BCUT2D eigenvalue weighted by atomic mass is 14.8. The summed E-state index contributed by atoms with van der Waals surface area (Å²) in [5.74, 6) is 0.143. The van der Waals surface area contributed by atoms with Crippen LogP contribution in [0.2, 0.25) is 0 Å². The molecule has 2 aliphatic rings. The number of benzene rings is 4. The van der Waals surface area contributed by atoms with Crippen LogP contribution in [-0.4, -0.2) is 17.4 Å². The number of aryl methyl sites for hydroxylation is 1. The Morgan fingerprint density at radius 3 is 2.38 bits per heavy atom. The number of hydrogen-bond donors (Lipinski definition) is 0. The molecule has 1 unspecified atom stereocenters. The van der Waals surface area contributed by atoms with Crippen LogP contribution in [0.3, 0.4) is 0 Å². The number of hydrogen-bond acceptors (Lipinski definition) is 3. The summed E-state index contributed by atoms with van der Waals surface area (Å²) >= 11 is 0. The Kier molecular flexibility index (Phi) is 8.53. The van der Waals surface area contributed by atoms with E-state index >= 15 is 0 Å². The lowest BCUT2D eigenvalue weighted by Gasteiger charge is -2.20. The van der Waals surface area contributed by atoms with E-state index in [0.29, 0.717) is 6.54 Å². The van der Waals surface area contributed by atoms with Crippen molar-refractivity contribution < 1.29 is 0 Å². The molecule has 0 N–H and O–H groups in total. The zero-order valence-electron chi connectivity index (χ0n) is 26.9. The van der Waals surface area contributed by atoms with Gasteiger partial charge in [0.1, 0.15) is 0 Å². The molecule has 0 aliphatic heterocycles. The summed E-state index contributed by atoms with van der Waals surface area (Å²) in [6.07, 6.45) is 15.9. The number of rotatable bonds is 7. The predicted octanol–water partition coefficient (Wildman–Crippen LogP) is 10.9. The Hall–Kier alpha value is -5.67. The number of aliphatic imine (C=N–C) groups is 2. The minimum absolute atomic E-state index is 0.143. The number of para-hydroxylation sites is 1. The quantitative estimate of drug-likeness (QED) is 0.170. The Morgan fingerprint density at radius 1 is 0.809 bits per heavy atom. The van der Waals surface area contributed by atoms with Gasteiger partial charge in [-0.05, 0) is 84.1 Å². The van der Waals surface area contributed by atoms with Gasteiger partial charge in [0.05, 0.1) is 29.2 Å². The molecule has 0 radical (unpaired) electrons.